The minimum absolute atomic E-state index is 0.0596. The summed E-state index contributed by atoms with van der Waals surface area (Å²) in [5, 5.41) is 0.274. The van der Waals surface area contributed by atoms with Crippen molar-refractivity contribution in [2.24, 2.45) is 0 Å². The molecule has 0 aromatic carbocycles. The van der Waals surface area contributed by atoms with Crippen molar-refractivity contribution >= 4 is 27.3 Å². The summed E-state index contributed by atoms with van der Waals surface area (Å²) in [6.45, 7) is 2.17. The number of carbonyl (C=O) groups excluding carboxylic acids is 1. The summed E-state index contributed by atoms with van der Waals surface area (Å²) in [5.74, 6) is -0.314. The van der Waals surface area contributed by atoms with Gasteiger partial charge in [0, 0.05) is 31.1 Å². The summed E-state index contributed by atoms with van der Waals surface area (Å²) in [7, 11) is -1.52. The van der Waals surface area contributed by atoms with E-state index in [-0.39, 0.29) is 23.4 Å². The van der Waals surface area contributed by atoms with E-state index in [4.69, 9.17) is 11.6 Å². The van der Waals surface area contributed by atoms with E-state index in [0.29, 0.717) is 5.56 Å². The van der Waals surface area contributed by atoms with Crippen molar-refractivity contribution in [3.8, 4) is 0 Å². The zero-order valence-corrected chi connectivity index (χ0v) is 13.5. The number of aromatic nitrogens is 1. The molecular formula is C13H19ClN2O3S. The Morgan fingerprint density at radius 1 is 1.40 bits per heavy atom. The van der Waals surface area contributed by atoms with Gasteiger partial charge < -0.3 is 4.90 Å². The van der Waals surface area contributed by atoms with Gasteiger partial charge in [-0.15, -0.1) is 0 Å². The zero-order chi connectivity index (χ0) is 15.3. The minimum atomic E-state index is -3.09. The number of rotatable bonds is 6. The van der Waals surface area contributed by atoms with Crippen LogP contribution in [-0.2, 0) is 16.3 Å². The molecule has 0 aliphatic heterocycles. The van der Waals surface area contributed by atoms with Crippen LogP contribution in [0, 0.1) is 0 Å². The molecule has 1 rings (SSSR count). The molecule has 0 fully saturated rings. The van der Waals surface area contributed by atoms with Crippen LogP contribution in [0.4, 0.5) is 0 Å². The molecule has 20 heavy (non-hydrogen) atoms. The van der Waals surface area contributed by atoms with Crippen molar-refractivity contribution in [3.63, 3.8) is 0 Å². The molecule has 7 heteroatoms. The number of hydrogen-bond acceptors (Lipinski definition) is 4. The summed E-state index contributed by atoms with van der Waals surface area (Å²) in [5.41, 5.74) is 1.20. The predicted molar refractivity (Wildman–Crippen MR) is 79.9 cm³/mol. The Morgan fingerprint density at radius 2 is 2.05 bits per heavy atom. The van der Waals surface area contributed by atoms with Crippen molar-refractivity contribution < 1.29 is 13.2 Å². The number of carbonyl (C=O) groups is 1. The van der Waals surface area contributed by atoms with E-state index in [1.165, 1.54) is 11.0 Å². The molecule has 0 aliphatic rings. The molecule has 1 aromatic heterocycles. The third kappa shape index (κ3) is 5.46. The number of pyridine rings is 1. The third-order valence-electron chi connectivity index (χ3n) is 2.74. The first-order chi connectivity index (χ1) is 9.23. The van der Waals surface area contributed by atoms with Gasteiger partial charge in [0.25, 0.3) is 5.91 Å². The molecule has 0 spiro atoms. The predicted octanol–water partition coefficient (Wildman–Crippen LogP) is 1.80. The van der Waals surface area contributed by atoms with Crippen molar-refractivity contribution in [1.29, 1.82) is 0 Å². The van der Waals surface area contributed by atoms with Crippen molar-refractivity contribution in [1.82, 2.24) is 9.88 Å². The molecule has 112 valence electrons. The molecule has 0 aliphatic carbocycles. The highest BCUT2D eigenvalue weighted by Gasteiger charge is 2.15. The highest BCUT2D eigenvalue weighted by atomic mass is 35.5. The average Bonchev–Trinajstić information content (AvgIpc) is 2.34. The maximum Gasteiger partial charge on any atom is 0.253 e. The second kappa shape index (κ2) is 7.04. The largest absolute Gasteiger partial charge is 0.341 e. The quantitative estimate of drug-likeness (QED) is 0.750. The Labute approximate surface area is 124 Å². The fourth-order valence-corrected chi connectivity index (χ4v) is 2.52. The lowest BCUT2D eigenvalue weighted by molar-refractivity contribution is 0.0803. The molecule has 0 radical (unpaired) electrons. The number of sulfone groups is 1. The lowest BCUT2D eigenvalue weighted by Crippen LogP contribution is -2.31. The third-order valence-corrected chi connectivity index (χ3v) is 3.86. The topological polar surface area (TPSA) is 67.3 Å². The summed E-state index contributed by atoms with van der Waals surface area (Å²) in [6.07, 6.45) is 2.80. The number of hydrogen-bond donors (Lipinski definition) is 0. The average molecular weight is 319 g/mol. The van der Waals surface area contributed by atoms with Gasteiger partial charge in [-0.05, 0) is 18.6 Å². The van der Waals surface area contributed by atoms with Gasteiger partial charge in [0.2, 0.25) is 0 Å². The molecule has 0 atom stereocenters. The summed E-state index contributed by atoms with van der Waals surface area (Å²) < 4.78 is 22.2. The monoisotopic (exact) mass is 318 g/mol. The van der Waals surface area contributed by atoms with Gasteiger partial charge in [-0.3, -0.25) is 4.79 Å². The van der Waals surface area contributed by atoms with E-state index in [2.05, 4.69) is 4.98 Å². The first kappa shape index (κ1) is 16.9. The second-order valence-corrected chi connectivity index (χ2v) is 7.42. The number of nitrogens with zero attached hydrogens (tertiary/aromatic N) is 2. The Bertz CT molecular complexity index is 587. The van der Waals surface area contributed by atoms with Crippen LogP contribution >= 0.6 is 11.6 Å². The van der Waals surface area contributed by atoms with E-state index < -0.39 is 9.84 Å². The van der Waals surface area contributed by atoms with Gasteiger partial charge in [0.15, 0.2) is 0 Å². The molecule has 1 amide bonds. The van der Waals surface area contributed by atoms with Crippen LogP contribution in [0.1, 0.15) is 29.4 Å². The smallest absolute Gasteiger partial charge is 0.253 e. The van der Waals surface area contributed by atoms with Gasteiger partial charge in [0.05, 0.1) is 5.75 Å². The van der Waals surface area contributed by atoms with Gasteiger partial charge in [-0.1, -0.05) is 24.9 Å². The Morgan fingerprint density at radius 3 is 2.60 bits per heavy atom. The van der Waals surface area contributed by atoms with Crippen LogP contribution in [0.15, 0.2) is 12.1 Å². The lowest BCUT2D eigenvalue weighted by atomic mass is 10.1. The first-order valence-electron chi connectivity index (χ1n) is 6.32. The van der Waals surface area contributed by atoms with Crippen molar-refractivity contribution in [2.75, 3.05) is 25.6 Å². The summed E-state index contributed by atoms with van der Waals surface area (Å²) in [4.78, 5) is 17.7. The maximum atomic E-state index is 12.2. The van der Waals surface area contributed by atoms with E-state index in [1.54, 1.807) is 13.1 Å². The fraction of sp³-hybridized carbons (Fsp3) is 0.538. The van der Waals surface area contributed by atoms with Crippen LogP contribution in [0.25, 0.3) is 0 Å². The molecular weight excluding hydrogens is 300 g/mol. The Hall–Kier alpha value is -1.14. The highest BCUT2D eigenvalue weighted by Crippen LogP contribution is 2.14. The van der Waals surface area contributed by atoms with Gasteiger partial charge in [-0.2, -0.15) is 0 Å². The summed E-state index contributed by atoms with van der Waals surface area (Å²) >= 11 is 5.91. The fourth-order valence-electron chi connectivity index (χ4n) is 1.68. The molecule has 0 bridgehead atoms. The molecule has 0 saturated carbocycles. The number of halogens is 1. The number of amides is 1. The first-order valence-corrected chi connectivity index (χ1v) is 8.76. The van der Waals surface area contributed by atoms with Crippen LogP contribution in [0.2, 0.25) is 5.15 Å². The van der Waals surface area contributed by atoms with Crippen LogP contribution < -0.4 is 0 Å². The highest BCUT2D eigenvalue weighted by molar-refractivity contribution is 7.90. The van der Waals surface area contributed by atoms with Gasteiger partial charge in [0.1, 0.15) is 15.0 Å². The molecule has 1 aromatic rings. The van der Waals surface area contributed by atoms with Crippen LogP contribution in [0.5, 0.6) is 0 Å². The van der Waals surface area contributed by atoms with Gasteiger partial charge in [-0.25, -0.2) is 13.4 Å². The van der Waals surface area contributed by atoms with Crippen molar-refractivity contribution in [3.05, 3.63) is 28.5 Å². The van der Waals surface area contributed by atoms with Gasteiger partial charge >= 0.3 is 0 Å². The molecule has 1 heterocycles. The molecule has 0 saturated heterocycles. The van der Waals surface area contributed by atoms with E-state index in [1.807, 2.05) is 6.92 Å². The zero-order valence-electron chi connectivity index (χ0n) is 11.9. The second-order valence-electron chi connectivity index (χ2n) is 4.78. The van der Waals surface area contributed by atoms with E-state index >= 15 is 0 Å². The maximum absolute atomic E-state index is 12.2. The molecule has 5 nitrogen and oxygen atoms in total. The SMILES string of the molecule is CCCc1cc(C(=O)N(C)CCS(C)(=O)=O)cc(Cl)n1. The number of aryl methyl sites for hydroxylation is 1. The standard InChI is InChI=1S/C13H19ClN2O3S/c1-4-5-11-8-10(9-12(14)15-11)13(17)16(2)6-7-20(3,18)19/h8-9H,4-7H2,1-3H3. The van der Waals surface area contributed by atoms with E-state index in [0.717, 1.165) is 24.8 Å². The lowest BCUT2D eigenvalue weighted by Gasteiger charge is -2.17. The minimum Gasteiger partial charge on any atom is -0.341 e. The van der Waals surface area contributed by atoms with Crippen LogP contribution in [0.3, 0.4) is 0 Å². The van der Waals surface area contributed by atoms with Crippen LogP contribution in [-0.4, -0.2) is 49.8 Å². The Kier molecular flexibility index (Phi) is 5.95. The molecule has 0 unspecified atom stereocenters. The molecule has 0 N–H and O–H groups in total. The Balaban J connectivity index is 2.85. The summed E-state index contributed by atoms with van der Waals surface area (Å²) in [6, 6.07) is 3.20. The van der Waals surface area contributed by atoms with Crippen molar-refractivity contribution in [2.45, 2.75) is 19.8 Å². The van der Waals surface area contributed by atoms with E-state index in [9.17, 15) is 13.2 Å². The normalized spacial score (nSPS) is 11.4.